The fraction of sp³-hybridized carbons (Fsp3) is 0.273. The first-order chi connectivity index (χ1) is 7.87. The molecule has 0 radical (unpaired) electrons. The normalized spacial score (nSPS) is 12.3. The summed E-state index contributed by atoms with van der Waals surface area (Å²) in [5.74, 6) is -0.131. The van der Waals surface area contributed by atoms with Gasteiger partial charge in [0.15, 0.2) is 0 Å². The maximum atomic E-state index is 12.0. The van der Waals surface area contributed by atoms with Crippen molar-refractivity contribution in [1.82, 2.24) is 0 Å². The fourth-order valence-corrected chi connectivity index (χ4v) is 1.29. The van der Waals surface area contributed by atoms with E-state index in [1.165, 1.54) is 25.3 Å². The Balaban J connectivity index is 0.00000289. The molecule has 0 aliphatic rings. The predicted octanol–water partition coefficient (Wildman–Crippen LogP) is 3.20. The smallest absolute Gasteiger partial charge is 0.496 e. The first-order valence-corrected chi connectivity index (χ1v) is 4.69. The van der Waals surface area contributed by atoms with Crippen LogP contribution in [-0.4, -0.2) is 13.5 Å². The molecule has 1 rings (SSSR count). The lowest BCUT2D eigenvalue weighted by molar-refractivity contribution is -0.274. The van der Waals surface area contributed by atoms with E-state index in [0.29, 0.717) is 5.56 Å². The van der Waals surface area contributed by atoms with Crippen LogP contribution in [0.15, 0.2) is 30.9 Å². The second-order valence-electron chi connectivity index (χ2n) is 3.21. The van der Waals surface area contributed by atoms with E-state index in [1.807, 2.05) is 0 Å². The van der Waals surface area contributed by atoms with E-state index in [0.717, 1.165) is 6.07 Å². The molecule has 0 spiro atoms. The van der Waals surface area contributed by atoms with Crippen molar-refractivity contribution in [1.29, 1.82) is 0 Å². The molecule has 0 heterocycles. The van der Waals surface area contributed by atoms with Crippen LogP contribution in [-0.2, 0) is 0 Å². The van der Waals surface area contributed by atoms with Gasteiger partial charge in [0.25, 0.3) is 0 Å². The molecule has 0 saturated carbocycles. The zero-order chi connectivity index (χ0) is 13.1. The van der Waals surface area contributed by atoms with Crippen LogP contribution in [0.5, 0.6) is 11.5 Å². The lowest BCUT2D eigenvalue weighted by Gasteiger charge is -2.15. The average molecular weight is 284 g/mol. The number of ether oxygens (including phenoxy) is 2. The van der Waals surface area contributed by atoms with E-state index in [-0.39, 0.29) is 23.9 Å². The van der Waals surface area contributed by atoms with Crippen LogP contribution in [0.25, 0.3) is 0 Å². The Labute approximate surface area is 109 Å². The van der Waals surface area contributed by atoms with Crippen LogP contribution in [0.3, 0.4) is 0 Å². The van der Waals surface area contributed by atoms with Crippen LogP contribution >= 0.6 is 12.4 Å². The number of hydrogen-bond donors (Lipinski definition) is 1. The van der Waals surface area contributed by atoms with E-state index in [9.17, 15) is 13.2 Å². The number of rotatable bonds is 4. The van der Waals surface area contributed by atoms with Gasteiger partial charge in [0.1, 0.15) is 11.5 Å². The molecule has 0 saturated heterocycles. The summed E-state index contributed by atoms with van der Waals surface area (Å²) in [6.07, 6.45) is -3.27. The second-order valence-corrected chi connectivity index (χ2v) is 3.21. The second kappa shape index (κ2) is 6.51. The Hall–Kier alpha value is -1.40. The minimum Gasteiger partial charge on any atom is -0.496 e. The number of halogens is 4. The van der Waals surface area contributed by atoms with Crippen LogP contribution in [0, 0.1) is 0 Å². The van der Waals surface area contributed by atoms with Crippen molar-refractivity contribution in [2.45, 2.75) is 12.4 Å². The maximum absolute atomic E-state index is 12.0. The molecule has 18 heavy (non-hydrogen) atoms. The van der Waals surface area contributed by atoms with Crippen LogP contribution < -0.4 is 15.2 Å². The summed E-state index contributed by atoms with van der Waals surface area (Å²) in [4.78, 5) is 0. The minimum atomic E-state index is -4.73. The number of benzene rings is 1. The van der Waals surface area contributed by atoms with Gasteiger partial charge in [-0.2, -0.15) is 0 Å². The quantitative estimate of drug-likeness (QED) is 0.863. The highest BCUT2D eigenvalue weighted by Crippen LogP contribution is 2.31. The largest absolute Gasteiger partial charge is 0.573 e. The number of methoxy groups -OCH3 is 1. The third-order valence-electron chi connectivity index (χ3n) is 2.05. The zero-order valence-electron chi connectivity index (χ0n) is 9.53. The molecule has 0 aromatic heterocycles. The van der Waals surface area contributed by atoms with Gasteiger partial charge >= 0.3 is 6.36 Å². The Morgan fingerprint density at radius 3 is 2.44 bits per heavy atom. The first-order valence-electron chi connectivity index (χ1n) is 4.69. The van der Waals surface area contributed by atoms with E-state index in [2.05, 4.69) is 11.3 Å². The Morgan fingerprint density at radius 2 is 2.00 bits per heavy atom. The summed E-state index contributed by atoms with van der Waals surface area (Å²) in [6, 6.07) is 3.21. The fourth-order valence-electron chi connectivity index (χ4n) is 1.29. The summed E-state index contributed by atoms with van der Waals surface area (Å²) in [6.45, 7) is 3.50. The number of alkyl halides is 3. The third-order valence-corrected chi connectivity index (χ3v) is 2.05. The molecule has 2 N–H and O–H groups in total. The van der Waals surface area contributed by atoms with Gasteiger partial charge in [-0.15, -0.1) is 32.2 Å². The molecule has 102 valence electrons. The molecule has 3 nitrogen and oxygen atoms in total. The van der Waals surface area contributed by atoms with Crippen molar-refractivity contribution in [3.8, 4) is 11.5 Å². The van der Waals surface area contributed by atoms with Gasteiger partial charge in [-0.25, -0.2) is 0 Å². The van der Waals surface area contributed by atoms with Gasteiger partial charge in [-0.1, -0.05) is 6.08 Å². The Morgan fingerprint density at radius 1 is 1.39 bits per heavy atom. The van der Waals surface area contributed by atoms with Gasteiger partial charge in [-0.3, -0.25) is 0 Å². The predicted molar refractivity (Wildman–Crippen MR) is 64.1 cm³/mol. The molecule has 1 aromatic rings. The molecule has 0 unspecified atom stereocenters. The molecule has 0 aliphatic carbocycles. The average Bonchev–Trinajstić information content (AvgIpc) is 2.25. The van der Waals surface area contributed by atoms with Crippen LogP contribution in [0.2, 0.25) is 0 Å². The van der Waals surface area contributed by atoms with Crippen molar-refractivity contribution in [2.24, 2.45) is 5.73 Å². The topological polar surface area (TPSA) is 44.5 Å². The van der Waals surface area contributed by atoms with Crippen molar-refractivity contribution >= 4 is 12.4 Å². The van der Waals surface area contributed by atoms with Gasteiger partial charge < -0.3 is 15.2 Å². The molecule has 0 amide bonds. The standard InChI is InChI=1S/C11H12F3NO2.ClH/c1-3-9(15)8-5-4-7(6-10(8)16-2)17-11(12,13)14;/h3-6,9H,1,15H2,2H3;1H/t9-;/m1./s1. The van der Waals surface area contributed by atoms with Gasteiger partial charge in [0.05, 0.1) is 13.2 Å². The monoisotopic (exact) mass is 283 g/mol. The zero-order valence-corrected chi connectivity index (χ0v) is 10.3. The van der Waals surface area contributed by atoms with Crippen LogP contribution in [0.4, 0.5) is 13.2 Å². The third kappa shape index (κ3) is 4.46. The highest BCUT2D eigenvalue weighted by atomic mass is 35.5. The van der Waals surface area contributed by atoms with Gasteiger partial charge in [-0.05, 0) is 12.1 Å². The maximum Gasteiger partial charge on any atom is 0.573 e. The number of hydrogen-bond acceptors (Lipinski definition) is 3. The van der Waals surface area contributed by atoms with E-state index in [4.69, 9.17) is 10.5 Å². The van der Waals surface area contributed by atoms with E-state index < -0.39 is 12.4 Å². The van der Waals surface area contributed by atoms with E-state index >= 15 is 0 Å². The van der Waals surface area contributed by atoms with Crippen molar-refractivity contribution in [3.05, 3.63) is 36.4 Å². The summed E-state index contributed by atoms with van der Waals surface area (Å²) in [5.41, 5.74) is 6.23. The Bertz CT molecular complexity index is 410. The lowest BCUT2D eigenvalue weighted by atomic mass is 10.1. The minimum absolute atomic E-state index is 0. The van der Waals surface area contributed by atoms with Gasteiger partial charge in [0.2, 0.25) is 0 Å². The Kier molecular flexibility index (Phi) is 6.00. The number of nitrogens with two attached hydrogens (primary N) is 1. The first kappa shape index (κ1) is 16.6. The molecule has 1 atom stereocenters. The summed E-state index contributed by atoms with van der Waals surface area (Å²) < 4.78 is 44.7. The van der Waals surface area contributed by atoms with Crippen molar-refractivity contribution in [3.63, 3.8) is 0 Å². The molecular formula is C11H13ClF3NO2. The highest BCUT2D eigenvalue weighted by molar-refractivity contribution is 5.85. The lowest BCUT2D eigenvalue weighted by Crippen LogP contribution is -2.17. The molecule has 0 bridgehead atoms. The SMILES string of the molecule is C=C[C@@H](N)c1ccc(OC(F)(F)F)cc1OC.Cl. The van der Waals surface area contributed by atoms with E-state index in [1.54, 1.807) is 0 Å². The summed E-state index contributed by atoms with van der Waals surface area (Å²) >= 11 is 0. The highest BCUT2D eigenvalue weighted by Gasteiger charge is 2.31. The summed E-state index contributed by atoms with van der Waals surface area (Å²) in [5, 5.41) is 0. The summed E-state index contributed by atoms with van der Waals surface area (Å²) in [7, 11) is 1.34. The van der Waals surface area contributed by atoms with Crippen molar-refractivity contribution in [2.75, 3.05) is 7.11 Å². The van der Waals surface area contributed by atoms with Crippen molar-refractivity contribution < 1.29 is 22.6 Å². The van der Waals surface area contributed by atoms with Gasteiger partial charge in [0, 0.05) is 11.6 Å². The molecule has 1 aromatic carbocycles. The molecule has 0 fully saturated rings. The van der Waals surface area contributed by atoms with Crippen LogP contribution in [0.1, 0.15) is 11.6 Å². The molecule has 0 aliphatic heterocycles. The molecular weight excluding hydrogens is 271 g/mol. The molecule has 7 heteroatoms.